The molecule has 3 aromatic carbocycles. The third-order valence-electron chi connectivity index (χ3n) is 6.18. The number of methoxy groups -OCH3 is 1. The molecule has 28 heavy (non-hydrogen) atoms. The highest BCUT2D eigenvalue weighted by Gasteiger charge is 2.35. The summed E-state index contributed by atoms with van der Waals surface area (Å²) >= 11 is 1.79. The number of aryl methyl sites for hydroxylation is 1. The Morgan fingerprint density at radius 2 is 1.68 bits per heavy atom. The molecule has 0 spiro atoms. The Labute approximate surface area is 169 Å². The maximum Gasteiger partial charge on any atom is 0.118 e. The Kier molecular flexibility index (Phi) is 3.78. The van der Waals surface area contributed by atoms with Crippen LogP contribution in [-0.4, -0.2) is 12.2 Å². The van der Waals surface area contributed by atoms with Crippen LogP contribution < -0.4 is 4.74 Å². The summed E-state index contributed by atoms with van der Waals surface area (Å²) in [6.45, 7) is 6.66. The third-order valence-corrected chi connectivity index (χ3v) is 7.36. The summed E-state index contributed by atoms with van der Waals surface area (Å²) in [6.07, 6.45) is 0. The minimum atomic E-state index is 0.201. The normalized spacial score (nSPS) is 14.9. The van der Waals surface area contributed by atoms with Crippen LogP contribution in [0.5, 0.6) is 11.5 Å². The maximum absolute atomic E-state index is 9.98. The van der Waals surface area contributed by atoms with E-state index in [4.69, 9.17) is 4.74 Å². The number of phenolic OH excluding ortho intramolecular Hbond substituents is 1. The van der Waals surface area contributed by atoms with Crippen LogP contribution >= 0.6 is 11.3 Å². The zero-order chi connectivity index (χ0) is 19.6. The summed E-state index contributed by atoms with van der Waals surface area (Å²) in [6, 6.07) is 16.6. The zero-order valence-corrected chi connectivity index (χ0v) is 17.3. The van der Waals surface area contributed by atoms with Gasteiger partial charge in [0.2, 0.25) is 0 Å². The Bertz CT molecular complexity index is 1230. The number of benzene rings is 3. The molecule has 2 nitrogen and oxygen atoms in total. The van der Waals surface area contributed by atoms with Gasteiger partial charge in [0.25, 0.3) is 0 Å². The first kappa shape index (κ1) is 17.3. The molecular formula is C25H22O2S. The van der Waals surface area contributed by atoms with E-state index in [1.807, 2.05) is 18.2 Å². The van der Waals surface area contributed by atoms with Crippen molar-refractivity contribution in [1.82, 2.24) is 0 Å². The number of phenols is 1. The summed E-state index contributed by atoms with van der Waals surface area (Å²) in [7, 11) is 1.70. The van der Waals surface area contributed by atoms with Crippen molar-refractivity contribution >= 4 is 21.4 Å². The van der Waals surface area contributed by atoms with Crippen LogP contribution in [0.2, 0.25) is 0 Å². The number of fused-ring (bicyclic) bond motifs is 5. The summed E-state index contributed by atoms with van der Waals surface area (Å²) < 4.78 is 6.51. The molecule has 0 bridgehead atoms. The third kappa shape index (κ3) is 2.33. The van der Waals surface area contributed by atoms with Gasteiger partial charge in [-0.05, 0) is 95.4 Å². The fraction of sp³-hybridized carbons (Fsp3) is 0.200. The largest absolute Gasteiger partial charge is 0.508 e. The summed E-state index contributed by atoms with van der Waals surface area (Å²) in [5.74, 6) is 1.40. The number of hydrogen-bond donors (Lipinski definition) is 1. The van der Waals surface area contributed by atoms with E-state index in [9.17, 15) is 5.11 Å². The lowest BCUT2D eigenvalue weighted by molar-refractivity contribution is 0.414. The lowest BCUT2D eigenvalue weighted by Gasteiger charge is -2.18. The first-order chi connectivity index (χ1) is 13.5. The van der Waals surface area contributed by atoms with Gasteiger partial charge in [-0.3, -0.25) is 0 Å². The van der Waals surface area contributed by atoms with Crippen LogP contribution in [0.15, 0.2) is 48.5 Å². The zero-order valence-electron chi connectivity index (χ0n) is 16.5. The smallest absolute Gasteiger partial charge is 0.118 e. The minimum Gasteiger partial charge on any atom is -0.508 e. The van der Waals surface area contributed by atoms with Gasteiger partial charge in [0.1, 0.15) is 11.5 Å². The lowest BCUT2D eigenvalue weighted by Crippen LogP contribution is -2.01. The van der Waals surface area contributed by atoms with Gasteiger partial charge in [-0.15, -0.1) is 11.3 Å². The molecule has 1 unspecified atom stereocenters. The number of aromatic hydroxyl groups is 1. The van der Waals surface area contributed by atoms with Crippen molar-refractivity contribution in [2.75, 3.05) is 7.11 Å². The fourth-order valence-corrected chi connectivity index (χ4v) is 5.92. The second-order valence-electron chi connectivity index (χ2n) is 7.64. The van der Waals surface area contributed by atoms with Crippen molar-refractivity contribution in [2.24, 2.45) is 0 Å². The topological polar surface area (TPSA) is 29.5 Å². The second-order valence-corrected chi connectivity index (χ2v) is 8.69. The van der Waals surface area contributed by atoms with Crippen LogP contribution in [0.4, 0.5) is 0 Å². The molecule has 0 radical (unpaired) electrons. The quantitative estimate of drug-likeness (QED) is 0.366. The van der Waals surface area contributed by atoms with Gasteiger partial charge in [0.05, 0.1) is 7.11 Å². The van der Waals surface area contributed by atoms with E-state index in [0.29, 0.717) is 5.75 Å². The molecule has 0 saturated heterocycles. The molecule has 1 N–H and O–H groups in total. The molecule has 4 aromatic rings. The van der Waals surface area contributed by atoms with Gasteiger partial charge in [0, 0.05) is 15.5 Å². The van der Waals surface area contributed by atoms with Crippen LogP contribution in [0.25, 0.3) is 20.5 Å². The van der Waals surface area contributed by atoms with Crippen molar-refractivity contribution in [3.8, 4) is 21.9 Å². The van der Waals surface area contributed by atoms with E-state index < -0.39 is 0 Å². The van der Waals surface area contributed by atoms with Crippen molar-refractivity contribution in [3.05, 3.63) is 81.9 Å². The Hall–Kier alpha value is -2.78. The van der Waals surface area contributed by atoms with E-state index in [1.54, 1.807) is 24.5 Å². The molecule has 3 heteroatoms. The highest BCUT2D eigenvalue weighted by atomic mass is 32.1. The molecule has 1 aliphatic rings. The standard InChI is InChI=1S/C25H22O2S/c1-13-11-20-22(15(3)14(13)2)25-24(19-10-7-17(26)12-21(19)28-25)23(20)16-5-8-18(27-4)9-6-16/h5-12,23,26H,1-4H3. The summed E-state index contributed by atoms with van der Waals surface area (Å²) in [5.41, 5.74) is 9.47. The molecule has 1 aromatic heterocycles. The van der Waals surface area contributed by atoms with Crippen LogP contribution in [-0.2, 0) is 0 Å². The maximum atomic E-state index is 9.98. The molecule has 5 rings (SSSR count). The molecule has 0 amide bonds. The van der Waals surface area contributed by atoms with Crippen molar-refractivity contribution in [1.29, 1.82) is 0 Å². The van der Waals surface area contributed by atoms with E-state index in [1.165, 1.54) is 49.2 Å². The monoisotopic (exact) mass is 386 g/mol. The number of thiophene rings is 1. The van der Waals surface area contributed by atoms with E-state index in [2.05, 4.69) is 45.0 Å². The van der Waals surface area contributed by atoms with Crippen LogP contribution in [0.1, 0.15) is 39.3 Å². The first-order valence-corrected chi connectivity index (χ1v) is 10.3. The molecule has 0 saturated carbocycles. The SMILES string of the molecule is COc1ccc(C2c3cc(C)c(C)c(C)c3-c3sc4cc(O)ccc4c32)cc1. The second kappa shape index (κ2) is 6.11. The lowest BCUT2D eigenvalue weighted by atomic mass is 9.86. The number of rotatable bonds is 2. The van der Waals surface area contributed by atoms with Gasteiger partial charge in [0.15, 0.2) is 0 Å². The highest BCUT2D eigenvalue weighted by Crippen LogP contribution is 2.56. The Morgan fingerprint density at radius 3 is 2.39 bits per heavy atom. The van der Waals surface area contributed by atoms with Crippen molar-refractivity contribution < 1.29 is 9.84 Å². The van der Waals surface area contributed by atoms with Crippen LogP contribution in [0.3, 0.4) is 0 Å². The molecule has 1 atom stereocenters. The van der Waals surface area contributed by atoms with Gasteiger partial charge < -0.3 is 9.84 Å². The Morgan fingerprint density at radius 1 is 0.929 bits per heavy atom. The van der Waals surface area contributed by atoms with E-state index >= 15 is 0 Å². The summed E-state index contributed by atoms with van der Waals surface area (Å²) in [4.78, 5) is 1.34. The predicted molar refractivity (Wildman–Crippen MR) is 117 cm³/mol. The van der Waals surface area contributed by atoms with E-state index in [-0.39, 0.29) is 5.92 Å². The molecule has 1 aliphatic carbocycles. The minimum absolute atomic E-state index is 0.201. The average Bonchev–Trinajstić information content (AvgIpc) is 3.19. The average molecular weight is 387 g/mol. The van der Waals surface area contributed by atoms with Crippen molar-refractivity contribution in [3.63, 3.8) is 0 Å². The predicted octanol–water partition coefficient (Wildman–Crippen LogP) is 6.70. The highest BCUT2D eigenvalue weighted by molar-refractivity contribution is 7.22. The first-order valence-electron chi connectivity index (χ1n) is 9.50. The Balaban J connectivity index is 1.86. The van der Waals surface area contributed by atoms with Crippen molar-refractivity contribution in [2.45, 2.75) is 26.7 Å². The van der Waals surface area contributed by atoms with Crippen LogP contribution in [0, 0.1) is 20.8 Å². The number of ether oxygens (including phenoxy) is 1. The van der Waals surface area contributed by atoms with Gasteiger partial charge in [-0.25, -0.2) is 0 Å². The molecule has 0 fully saturated rings. The molecule has 140 valence electrons. The molecule has 0 aliphatic heterocycles. The van der Waals surface area contributed by atoms with Gasteiger partial charge >= 0.3 is 0 Å². The number of hydrogen-bond acceptors (Lipinski definition) is 3. The summed E-state index contributed by atoms with van der Waals surface area (Å²) in [5, 5.41) is 11.2. The molecule has 1 heterocycles. The van der Waals surface area contributed by atoms with Gasteiger partial charge in [-0.2, -0.15) is 0 Å². The van der Waals surface area contributed by atoms with E-state index in [0.717, 1.165) is 10.4 Å². The van der Waals surface area contributed by atoms with Gasteiger partial charge in [-0.1, -0.05) is 18.2 Å². The molecular weight excluding hydrogens is 364 g/mol. The fourth-order valence-electron chi connectivity index (χ4n) is 4.52.